The average Bonchev–Trinajstić information content (AvgIpc) is 3.52. The van der Waals surface area contributed by atoms with Crippen molar-refractivity contribution in [1.82, 2.24) is 14.5 Å². The SMILES string of the molecule is CC(C)(C)OC(=O)N1C(c2cccnc2)SC[C@H]1C(=O)n1ccc2ccc(C(=O)c3ccccc3)cc21. The summed E-state index contributed by atoms with van der Waals surface area (Å²) in [6, 6.07) is 19.2. The van der Waals surface area contributed by atoms with E-state index in [1.54, 1.807) is 63.6 Å². The first-order valence-corrected chi connectivity index (χ1v) is 13.1. The van der Waals surface area contributed by atoms with Crippen LogP contribution in [0, 0.1) is 0 Å². The summed E-state index contributed by atoms with van der Waals surface area (Å²) in [6.45, 7) is 5.40. The normalized spacial score (nSPS) is 17.6. The molecule has 1 unspecified atom stereocenters. The van der Waals surface area contributed by atoms with Crippen molar-refractivity contribution in [2.45, 2.75) is 37.8 Å². The molecule has 37 heavy (non-hydrogen) atoms. The third-order valence-corrected chi connectivity index (χ3v) is 7.41. The van der Waals surface area contributed by atoms with E-state index >= 15 is 0 Å². The molecule has 1 amide bonds. The number of aromatic nitrogens is 2. The van der Waals surface area contributed by atoms with E-state index in [0.29, 0.717) is 22.4 Å². The summed E-state index contributed by atoms with van der Waals surface area (Å²) < 4.78 is 7.24. The van der Waals surface area contributed by atoms with E-state index < -0.39 is 23.1 Å². The van der Waals surface area contributed by atoms with Crippen molar-refractivity contribution in [3.8, 4) is 0 Å². The van der Waals surface area contributed by atoms with Gasteiger partial charge in [0.15, 0.2) is 5.78 Å². The van der Waals surface area contributed by atoms with Gasteiger partial charge in [-0.2, -0.15) is 0 Å². The first kappa shape index (κ1) is 24.8. The number of hydrogen-bond acceptors (Lipinski definition) is 6. The molecular formula is C29H27N3O4S. The summed E-state index contributed by atoms with van der Waals surface area (Å²) in [4.78, 5) is 46.0. The van der Waals surface area contributed by atoms with Gasteiger partial charge in [-0.15, -0.1) is 11.8 Å². The van der Waals surface area contributed by atoms with Gasteiger partial charge in [-0.25, -0.2) is 4.79 Å². The number of nitrogens with zero attached hydrogens (tertiary/aromatic N) is 3. The smallest absolute Gasteiger partial charge is 0.412 e. The lowest BCUT2D eigenvalue weighted by atomic mass is 10.0. The summed E-state index contributed by atoms with van der Waals surface area (Å²) >= 11 is 1.50. The van der Waals surface area contributed by atoms with E-state index in [4.69, 9.17) is 4.74 Å². The molecular weight excluding hydrogens is 486 g/mol. The molecule has 2 aromatic carbocycles. The molecule has 1 fully saturated rings. The molecule has 0 saturated carbocycles. The van der Waals surface area contributed by atoms with Crippen molar-refractivity contribution in [1.29, 1.82) is 0 Å². The number of ether oxygens (including phenoxy) is 1. The van der Waals surface area contributed by atoms with Gasteiger partial charge in [0, 0.05) is 46.4 Å². The molecule has 188 valence electrons. The highest BCUT2D eigenvalue weighted by Gasteiger charge is 2.45. The molecule has 1 aliphatic rings. The maximum atomic E-state index is 13.9. The Labute approximate surface area is 219 Å². The maximum absolute atomic E-state index is 13.9. The van der Waals surface area contributed by atoms with Gasteiger partial charge in [-0.1, -0.05) is 48.5 Å². The topological polar surface area (TPSA) is 81.5 Å². The van der Waals surface area contributed by atoms with Gasteiger partial charge in [-0.05, 0) is 39.0 Å². The number of amides is 1. The highest BCUT2D eigenvalue weighted by molar-refractivity contribution is 7.99. The molecule has 5 rings (SSSR count). The number of ketones is 1. The molecule has 0 N–H and O–H groups in total. The summed E-state index contributed by atoms with van der Waals surface area (Å²) in [5.74, 6) is 0.0233. The Balaban J connectivity index is 1.50. The summed E-state index contributed by atoms with van der Waals surface area (Å²) in [7, 11) is 0. The van der Waals surface area contributed by atoms with Crippen LogP contribution in [0.5, 0.6) is 0 Å². The zero-order valence-electron chi connectivity index (χ0n) is 20.8. The number of fused-ring (bicyclic) bond motifs is 1. The number of carbonyl (C=O) groups excluding carboxylic acids is 3. The maximum Gasteiger partial charge on any atom is 0.412 e. The van der Waals surface area contributed by atoms with Crippen LogP contribution in [0.15, 0.2) is 85.3 Å². The van der Waals surface area contributed by atoms with Crippen LogP contribution in [0.1, 0.15) is 52.4 Å². The van der Waals surface area contributed by atoms with Crippen molar-refractivity contribution in [2.24, 2.45) is 0 Å². The van der Waals surface area contributed by atoms with Crippen molar-refractivity contribution in [3.05, 3.63) is 102 Å². The monoisotopic (exact) mass is 513 g/mol. The molecule has 8 heteroatoms. The second kappa shape index (κ2) is 9.86. The van der Waals surface area contributed by atoms with E-state index in [9.17, 15) is 14.4 Å². The number of carbonyl (C=O) groups is 3. The molecule has 0 spiro atoms. The Morgan fingerprint density at radius 3 is 2.46 bits per heavy atom. The van der Waals surface area contributed by atoms with Crippen molar-refractivity contribution in [2.75, 3.05) is 5.75 Å². The van der Waals surface area contributed by atoms with Gasteiger partial charge < -0.3 is 4.74 Å². The van der Waals surface area contributed by atoms with Crippen molar-refractivity contribution in [3.63, 3.8) is 0 Å². The van der Waals surface area contributed by atoms with Gasteiger partial charge in [0.2, 0.25) is 0 Å². The lowest BCUT2D eigenvalue weighted by Crippen LogP contribution is -2.46. The van der Waals surface area contributed by atoms with Crippen LogP contribution in [0.25, 0.3) is 10.9 Å². The van der Waals surface area contributed by atoms with E-state index in [0.717, 1.165) is 10.9 Å². The van der Waals surface area contributed by atoms with Crippen LogP contribution >= 0.6 is 11.8 Å². The Bertz CT molecular complexity index is 1460. The first-order valence-electron chi connectivity index (χ1n) is 12.0. The van der Waals surface area contributed by atoms with E-state index in [2.05, 4.69) is 4.98 Å². The van der Waals surface area contributed by atoms with Crippen LogP contribution < -0.4 is 0 Å². The standard InChI is InChI=1S/C29H27N3O4S/c1-29(2,3)36-28(35)32-24(18-37-27(32)22-10-7-14-30-17-22)26(34)31-15-13-19-11-12-21(16-23(19)31)25(33)20-8-5-4-6-9-20/h4-17,24,27H,18H2,1-3H3/t24-,27?/m0/s1. The minimum absolute atomic E-state index is 0.119. The van der Waals surface area contributed by atoms with E-state index in [-0.39, 0.29) is 11.7 Å². The van der Waals surface area contributed by atoms with Gasteiger partial charge in [0.25, 0.3) is 5.91 Å². The fourth-order valence-electron chi connectivity index (χ4n) is 4.39. The Kier molecular flexibility index (Phi) is 6.60. The number of thioether (sulfide) groups is 1. The second-order valence-electron chi connectivity index (χ2n) is 9.87. The molecule has 7 nitrogen and oxygen atoms in total. The molecule has 0 aliphatic carbocycles. The molecule has 4 aromatic rings. The lowest BCUT2D eigenvalue weighted by molar-refractivity contribution is 0.0160. The summed E-state index contributed by atoms with van der Waals surface area (Å²) in [5.41, 5.74) is 1.79. The third kappa shape index (κ3) is 5.02. The second-order valence-corrected chi connectivity index (χ2v) is 11.0. The Morgan fingerprint density at radius 2 is 1.76 bits per heavy atom. The van der Waals surface area contributed by atoms with Crippen LogP contribution in [0.2, 0.25) is 0 Å². The van der Waals surface area contributed by atoms with Gasteiger partial charge in [-0.3, -0.25) is 24.0 Å². The lowest BCUT2D eigenvalue weighted by Gasteiger charge is -2.31. The number of benzene rings is 2. The van der Waals surface area contributed by atoms with Gasteiger partial charge in [0.1, 0.15) is 17.0 Å². The molecule has 2 atom stereocenters. The van der Waals surface area contributed by atoms with Crippen molar-refractivity contribution >= 4 is 40.4 Å². The summed E-state index contributed by atoms with van der Waals surface area (Å²) in [5, 5.41) is 0.422. The first-order chi connectivity index (χ1) is 17.7. The van der Waals surface area contributed by atoms with E-state index in [1.807, 2.05) is 42.5 Å². The molecule has 2 aromatic heterocycles. The number of rotatable bonds is 4. The minimum Gasteiger partial charge on any atom is -0.444 e. The quantitative estimate of drug-likeness (QED) is 0.313. The van der Waals surface area contributed by atoms with Gasteiger partial charge >= 0.3 is 6.09 Å². The fraction of sp³-hybridized carbons (Fsp3) is 0.241. The highest BCUT2D eigenvalue weighted by atomic mass is 32.2. The molecule has 0 bridgehead atoms. The Hall–Kier alpha value is -3.91. The average molecular weight is 514 g/mol. The molecule has 0 radical (unpaired) electrons. The number of hydrogen-bond donors (Lipinski definition) is 0. The zero-order chi connectivity index (χ0) is 26.2. The molecule has 1 aliphatic heterocycles. The number of pyridine rings is 1. The van der Waals surface area contributed by atoms with Crippen LogP contribution in [-0.4, -0.2) is 49.6 Å². The predicted molar refractivity (Wildman–Crippen MR) is 144 cm³/mol. The molecule has 3 heterocycles. The van der Waals surface area contributed by atoms with Crippen LogP contribution in [0.4, 0.5) is 4.79 Å². The zero-order valence-corrected chi connectivity index (χ0v) is 21.6. The predicted octanol–water partition coefficient (Wildman–Crippen LogP) is 5.96. The van der Waals surface area contributed by atoms with Crippen LogP contribution in [0.3, 0.4) is 0 Å². The highest BCUT2D eigenvalue weighted by Crippen LogP contribution is 2.42. The van der Waals surface area contributed by atoms with Crippen LogP contribution in [-0.2, 0) is 4.74 Å². The molecule has 1 saturated heterocycles. The van der Waals surface area contributed by atoms with Crippen molar-refractivity contribution < 1.29 is 19.1 Å². The Morgan fingerprint density at radius 1 is 0.973 bits per heavy atom. The fourth-order valence-corrected chi connectivity index (χ4v) is 5.78. The third-order valence-electron chi connectivity index (χ3n) is 6.09. The van der Waals surface area contributed by atoms with E-state index in [1.165, 1.54) is 21.2 Å². The largest absolute Gasteiger partial charge is 0.444 e. The summed E-state index contributed by atoms with van der Waals surface area (Å²) in [6.07, 6.45) is 4.51. The minimum atomic E-state index is -0.755. The van der Waals surface area contributed by atoms with Gasteiger partial charge in [0.05, 0.1) is 5.52 Å².